The van der Waals surface area contributed by atoms with E-state index in [4.69, 9.17) is 5.10 Å². The first kappa shape index (κ1) is 21.6. The third kappa shape index (κ3) is 3.88. The Bertz CT molecular complexity index is 1370. The molecule has 2 amide bonds. The number of carbonyl (C=O) groups is 2. The van der Waals surface area contributed by atoms with Gasteiger partial charge in [0, 0.05) is 17.0 Å². The van der Waals surface area contributed by atoms with E-state index in [0.717, 1.165) is 33.6 Å². The second-order valence-corrected chi connectivity index (χ2v) is 8.79. The molecule has 34 heavy (non-hydrogen) atoms. The number of aromatic nitrogens is 2. The van der Waals surface area contributed by atoms with Crippen LogP contribution in [0.2, 0.25) is 0 Å². The highest BCUT2D eigenvalue weighted by Crippen LogP contribution is 2.40. The Morgan fingerprint density at radius 3 is 2.35 bits per heavy atom. The second kappa shape index (κ2) is 8.63. The van der Waals surface area contributed by atoms with Crippen molar-refractivity contribution in [3.05, 3.63) is 112 Å². The Hall–Kier alpha value is -4.19. The van der Waals surface area contributed by atoms with Crippen molar-refractivity contribution in [2.24, 2.45) is 0 Å². The Morgan fingerprint density at radius 2 is 1.65 bits per heavy atom. The predicted molar refractivity (Wildman–Crippen MR) is 132 cm³/mol. The van der Waals surface area contributed by atoms with Gasteiger partial charge in [0.1, 0.15) is 11.9 Å². The van der Waals surface area contributed by atoms with Crippen LogP contribution in [0.25, 0.3) is 5.69 Å². The summed E-state index contributed by atoms with van der Waals surface area (Å²) >= 11 is 0. The molecule has 170 valence electrons. The first-order chi connectivity index (χ1) is 16.4. The lowest BCUT2D eigenvalue weighted by atomic mass is 9.81. The van der Waals surface area contributed by atoms with E-state index in [2.05, 4.69) is 10.6 Å². The van der Waals surface area contributed by atoms with Crippen molar-refractivity contribution >= 4 is 17.6 Å². The van der Waals surface area contributed by atoms with Gasteiger partial charge in [-0.15, -0.1) is 0 Å². The summed E-state index contributed by atoms with van der Waals surface area (Å²) in [5.74, 6) is -0.287. The molecule has 2 unspecified atom stereocenters. The van der Waals surface area contributed by atoms with E-state index in [0.29, 0.717) is 11.4 Å². The van der Waals surface area contributed by atoms with Gasteiger partial charge < -0.3 is 10.6 Å². The summed E-state index contributed by atoms with van der Waals surface area (Å²) in [7, 11) is 0. The van der Waals surface area contributed by atoms with E-state index in [1.54, 1.807) is 10.7 Å². The highest BCUT2D eigenvalue weighted by atomic mass is 16.2. The quantitative estimate of drug-likeness (QED) is 0.474. The molecular weight excluding hydrogens is 424 g/mol. The average molecular weight is 451 g/mol. The molecule has 1 aliphatic heterocycles. The maximum Gasteiger partial charge on any atom is 0.251 e. The van der Waals surface area contributed by atoms with Gasteiger partial charge in [0.2, 0.25) is 5.91 Å². The second-order valence-electron chi connectivity index (χ2n) is 8.79. The van der Waals surface area contributed by atoms with Crippen LogP contribution < -0.4 is 10.6 Å². The monoisotopic (exact) mass is 450 g/mol. The van der Waals surface area contributed by atoms with E-state index in [9.17, 15) is 9.59 Å². The highest BCUT2D eigenvalue weighted by Gasteiger charge is 2.41. The molecule has 0 radical (unpaired) electrons. The summed E-state index contributed by atoms with van der Waals surface area (Å²) in [5.41, 5.74) is 6.16. The molecular formula is C28H26N4O2. The van der Waals surface area contributed by atoms with Crippen molar-refractivity contribution in [1.82, 2.24) is 15.1 Å². The van der Waals surface area contributed by atoms with E-state index < -0.39 is 6.04 Å². The van der Waals surface area contributed by atoms with Crippen molar-refractivity contribution in [1.29, 1.82) is 0 Å². The number of nitrogens with zero attached hydrogens (tertiary/aromatic N) is 2. The minimum absolute atomic E-state index is 0.267. The third-order valence-electron chi connectivity index (χ3n) is 6.28. The first-order valence-corrected chi connectivity index (χ1v) is 11.3. The minimum Gasteiger partial charge on any atom is -0.339 e. The van der Waals surface area contributed by atoms with Crippen LogP contribution in [0.4, 0.5) is 5.82 Å². The highest BCUT2D eigenvalue weighted by molar-refractivity contribution is 6.04. The van der Waals surface area contributed by atoms with E-state index in [1.165, 1.54) is 0 Å². The predicted octanol–water partition coefficient (Wildman–Crippen LogP) is 4.68. The van der Waals surface area contributed by atoms with Gasteiger partial charge in [-0.25, -0.2) is 4.68 Å². The lowest BCUT2D eigenvalue weighted by Gasteiger charge is -2.33. The van der Waals surface area contributed by atoms with Gasteiger partial charge in [-0.2, -0.15) is 5.10 Å². The maximum atomic E-state index is 13.5. The van der Waals surface area contributed by atoms with Crippen molar-refractivity contribution in [2.45, 2.75) is 32.7 Å². The smallest absolute Gasteiger partial charge is 0.251 e. The van der Waals surface area contributed by atoms with Gasteiger partial charge in [0.25, 0.3) is 5.91 Å². The molecule has 0 bridgehead atoms. The number of carbonyl (C=O) groups excluding carboxylic acids is 2. The van der Waals surface area contributed by atoms with Gasteiger partial charge in [0.05, 0.1) is 11.4 Å². The number of anilines is 1. The number of amides is 2. The standard InChI is InChI=1S/C28H26N4O2/c1-17-12-14-20(15-13-17)24-23-19(3)31-32(22-10-5-4-6-11-22)26(23)30-28(34)25(24)29-27(33)21-9-7-8-18(2)16-21/h4-16,24-25H,1-3H3,(H,29,33)(H,30,34). The number of hydrogen-bond acceptors (Lipinski definition) is 3. The van der Waals surface area contributed by atoms with Crippen LogP contribution in [0.3, 0.4) is 0 Å². The Kier molecular flexibility index (Phi) is 5.49. The zero-order chi connectivity index (χ0) is 23.8. The van der Waals surface area contributed by atoms with Crippen LogP contribution >= 0.6 is 0 Å². The molecule has 4 aromatic rings. The largest absolute Gasteiger partial charge is 0.339 e. The number of benzene rings is 3. The fraction of sp³-hybridized carbons (Fsp3) is 0.179. The van der Waals surface area contributed by atoms with Gasteiger partial charge in [-0.05, 0) is 50.6 Å². The Labute approximate surface area is 198 Å². The number of rotatable bonds is 4. The third-order valence-corrected chi connectivity index (χ3v) is 6.28. The molecule has 6 heteroatoms. The number of fused-ring (bicyclic) bond motifs is 1. The van der Waals surface area contributed by atoms with Crippen molar-refractivity contribution in [3.8, 4) is 5.69 Å². The molecule has 0 fully saturated rings. The SMILES string of the molecule is Cc1ccc(C2c3c(C)nn(-c4ccccc4)c3NC(=O)C2NC(=O)c2cccc(C)c2)cc1. The zero-order valence-corrected chi connectivity index (χ0v) is 19.4. The van der Waals surface area contributed by atoms with Crippen LogP contribution in [-0.4, -0.2) is 27.6 Å². The van der Waals surface area contributed by atoms with Crippen molar-refractivity contribution in [2.75, 3.05) is 5.32 Å². The van der Waals surface area contributed by atoms with E-state index >= 15 is 0 Å². The lowest BCUT2D eigenvalue weighted by Crippen LogP contribution is -2.50. The summed E-state index contributed by atoms with van der Waals surface area (Å²) in [4.78, 5) is 26.6. The number of aryl methyl sites for hydroxylation is 3. The topological polar surface area (TPSA) is 76.0 Å². The minimum atomic E-state index is -0.782. The summed E-state index contributed by atoms with van der Waals surface area (Å²) in [6, 6.07) is 24.4. The molecule has 0 spiro atoms. The van der Waals surface area contributed by atoms with Gasteiger partial charge in [0.15, 0.2) is 0 Å². The molecule has 2 heterocycles. The summed E-state index contributed by atoms with van der Waals surface area (Å²) < 4.78 is 1.77. The lowest BCUT2D eigenvalue weighted by molar-refractivity contribution is -0.118. The van der Waals surface area contributed by atoms with Crippen LogP contribution in [-0.2, 0) is 4.79 Å². The van der Waals surface area contributed by atoms with Crippen LogP contribution in [0.15, 0.2) is 78.9 Å². The average Bonchev–Trinajstić information content (AvgIpc) is 3.16. The maximum absolute atomic E-state index is 13.5. The normalized spacial score (nSPS) is 17.1. The molecule has 0 saturated carbocycles. The number of nitrogens with one attached hydrogen (secondary N) is 2. The Balaban J connectivity index is 1.62. The number of hydrogen-bond donors (Lipinski definition) is 2. The Morgan fingerprint density at radius 1 is 0.912 bits per heavy atom. The van der Waals surface area contributed by atoms with Crippen LogP contribution in [0.1, 0.15) is 44.2 Å². The van der Waals surface area contributed by atoms with E-state index in [-0.39, 0.29) is 17.7 Å². The van der Waals surface area contributed by atoms with Crippen molar-refractivity contribution in [3.63, 3.8) is 0 Å². The molecule has 2 atom stereocenters. The molecule has 0 aliphatic carbocycles. The van der Waals surface area contributed by atoms with Crippen molar-refractivity contribution < 1.29 is 9.59 Å². The molecule has 5 rings (SSSR count). The molecule has 1 aromatic heterocycles. The van der Waals surface area contributed by atoms with Gasteiger partial charge in [-0.1, -0.05) is 65.7 Å². The molecule has 1 aliphatic rings. The summed E-state index contributed by atoms with van der Waals surface area (Å²) in [5, 5.41) is 10.8. The molecule has 0 saturated heterocycles. The van der Waals surface area contributed by atoms with Crippen LogP contribution in [0.5, 0.6) is 0 Å². The van der Waals surface area contributed by atoms with E-state index in [1.807, 2.05) is 93.6 Å². The van der Waals surface area contributed by atoms with Gasteiger partial charge >= 0.3 is 0 Å². The molecule has 3 aromatic carbocycles. The zero-order valence-electron chi connectivity index (χ0n) is 19.4. The fourth-order valence-electron chi connectivity index (χ4n) is 4.59. The molecule has 2 N–H and O–H groups in total. The molecule has 6 nitrogen and oxygen atoms in total. The van der Waals surface area contributed by atoms with Crippen LogP contribution in [0, 0.1) is 20.8 Å². The fourth-order valence-corrected chi connectivity index (χ4v) is 4.59. The summed E-state index contributed by atoms with van der Waals surface area (Å²) in [6.45, 7) is 5.90. The van der Waals surface area contributed by atoms with Gasteiger partial charge in [-0.3, -0.25) is 9.59 Å². The summed E-state index contributed by atoms with van der Waals surface area (Å²) in [6.07, 6.45) is 0. The first-order valence-electron chi connectivity index (χ1n) is 11.3. The number of para-hydroxylation sites is 1.